The number of ether oxygens (including phenoxy) is 1. The lowest BCUT2D eigenvalue weighted by atomic mass is 10.1. The third kappa shape index (κ3) is 4.41. The Kier molecular flexibility index (Phi) is 4.21. The van der Waals surface area contributed by atoms with Crippen molar-refractivity contribution in [1.29, 1.82) is 0 Å². The summed E-state index contributed by atoms with van der Waals surface area (Å²) in [5.74, 6) is 0.364. The summed E-state index contributed by atoms with van der Waals surface area (Å²) in [5.41, 5.74) is 1.58. The number of hydrogen-bond acceptors (Lipinski definition) is 3. The summed E-state index contributed by atoms with van der Waals surface area (Å²) >= 11 is 0. The van der Waals surface area contributed by atoms with Gasteiger partial charge >= 0.3 is 0 Å². The molecule has 0 heterocycles. The Balaban J connectivity index is 3.08. The molecule has 1 aromatic rings. The van der Waals surface area contributed by atoms with Gasteiger partial charge < -0.3 is 4.74 Å². The predicted molar refractivity (Wildman–Crippen MR) is 65.4 cm³/mol. The molecule has 0 aliphatic carbocycles. The second-order valence-electron chi connectivity index (χ2n) is 3.96. The molecular weight excluding hydrogens is 248 g/mol. The molecule has 16 heavy (non-hydrogen) atoms. The molecule has 0 aliphatic rings. The number of hydrogen-bond donors (Lipinski definition) is 0. The molecule has 0 aromatic heterocycles. The summed E-state index contributed by atoms with van der Waals surface area (Å²) in [7, 11) is 1.69. The van der Waals surface area contributed by atoms with Gasteiger partial charge in [0.15, 0.2) is 0 Å². The summed E-state index contributed by atoms with van der Waals surface area (Å²) < 4.78 is 27.6. The van der Waals surface area contributed by atoms with Crippen molar-refractivity contribution in [2.45, 2.75) is 32.6 Å². The van der Waals surface area contributed by atoms with E-state index < -0.39 is 9.05 Å². The lowest BCUT2D eigenvalue weighted by Crippen LogP contribution is -2.08. The molecule has 0 bridgehead atoms. The molecule has 0 aliphatic heterocycles. The molecule has 90 valence electrons. The summed E-state index contributed by atoms with van der Waals surface area (Å²) in [4.78, 5) is 0. The fourth-order valence-corrected chi connectivity index (χ4v) is 2.33. The van der Waals surface area contributed by atoms with Gasteiger partial charge in [0.2, 0.25) is 9.05 Å². The van der Waals surface area contributed by atoms with Crippen LogP contribution in [0, 0.1) is 6.92 Å². The summed E-state index contributed by atoms with van der Waals surface area (Å²) in [6.45, 7) is 5.67. The SMILES string of the molecule is Cc1ccc(OC(C)C)c(CS(=O)(=O)Cl)c1. The van der Waals surface area contributed by atoms with Crippen LogP contribution in [0.2, 0.25) is 0 Å². The molecule has 0 fully saturated rings. The van der Waals surface area contributed by atoms with Gasteiger partial charge in [0.1, 0.15) is 5.75 Å². The maximum absolute atomic E-state index is 11.1. The van der Waals surface area contributed by atoms with Crippen molar-refractivity contribution in [2.24, 2.45) is 0 Å². The van der Waals surface area contributed by atoms with Gasteiger partial charge in [-0.2, -0.15) is 0 Å². The third-order valence-corrected chi connectivity index (χ3v) is 2.89. The standard InChI is InChI=1S/C11H15ClO3S/c1-8(2)15-11-5-4-9(3)6-10(11)7-16(12,13)14/h4-6,8H,7H2,1-3H3. The largest absolute Gasteiger partial charge is 0.491 e. The molecule has 5 heteroatoms. The highest BCUT2D eigenvalue weighted by molar-refractivity contribution is 8.13. The van der Waals surface area contributed by atoms with Gasteiger partial charge in [-0.15, -0.1) is 0 Å². The first-order valence-corrected chi connectivity index (χ1v) is 7.44. The van der Waals surface area contributed by atoms with Crippen LogP contribution >= 0.6 is 10.7 Å². The fourth-order valence-electron chi connectivity index (χ4n) is 1.38. The van der Waals surface area contributed by atoms with Crippen molar-refractivity contribution < 1.29 is 13.2 Å². The maximum atomic E-state index is 11.1. The van der Waals surface area contributed by atoms with E-state index in [1.807, 2.05) is 26.8 Å². The van der Waals surface area contributed by atoms with Crippen LogP contribution < -0.4 is 4.74 Å². The van der Waals surface area contributed by atoms with Crippen molar-refractivity contribution >= 4 is 19.7 Å². The Morgan fingerprint density at radius 3 is 2.50 bits per heavy atom. The third-order valence-electron chi connectivity index (χ3n) is 1.91. The predicted octanol–water partition coefficient (Wildman–Crippen LogP) is 2.85. The lowest BCUT2D eigenvalue weighted by Gasteiger charge is -2.14. The average molecular weight is 263 g/mol. The van der Waals surface area contributed by atoms with Crippen molar-refractivity contribution in [2.75, 3.05) is 0 Å². The van der Waals surface area contributed by atoms with Gasteiger partial charge in [-0.05, 0) is 26.8 Å². The van der Waals surface area contributed by atoms with Gasteiger partial charge in [-0.1, -0.05) is 17.7 Å². The van der Waals surface area contributed by atoms with E-state index in [4.69, 9.17) is 15.4 Å². The van der Waals surface area contributed by atoms with Crippen molar-refractivity contribution in [3.05, 3.63) is 29.3 Å². The minimum Gasteiger partial charge on any atom is -0.491 e. The van der Waals surface area contributed by atoms with Crippen molar-refractivity contribution in [1.82, 2.24) is 0 Å². The van der Waals surface area contributed by atoms with Crippen molar-refractivity contribution in [3.8, 4) is 5.75 Å². The molecule has 1 rings (SSSR count). The van der Waals surface area contributed by atoms with E-state index in [0.717, 1.165) is 5.56 Å². The van der Waals surface area contributed by atoms with Gasteiger partial charge in [0.05, 0.1) is 11.9 Å². The molecule has 0 atom stereocenters. The molecular formula is C11H15ClO3S. The molecule has 0 amide bonds. The van der Waals surface area contributed by atoms with Crippen LogP contribution in [-0.2, 0) is 14.8 Å². The Hall–Kier alpha value is -0.740. The zero-order valence-corrected chi connectivity index (χ0v) is 11.1. The van der Waals surface area contributed by atoms with Crippen LogP contribution in [-0.4, -0.2) is 14.5 Å². The maximum Gasteiger partial charge on any atom is 0.236 e. The van der Waals surface area contributed by atoms with E-state index in [0.29, 0.717) is 11.3 Å². The number of rotatable bonds is 4. The molecule has 0 saturated heterocycles. The Morgan fingerprint density at radius 1 is 1.38 bits per heavy atom. The zero-order valence-electron chi connectivity index (χ0n) is 9.53. The monoisotopic (exact) mass is 262 g/mol. The second kappa shape index (κ2) is 5.06. The van der Waals surface area contributed by atoms with Gasteiger partial charge in [0.25, 0.3) is 0 Å². The van der Waals surface area contributed by atoms with Crippen LogP contribution in [0.25, 0.3) is 0 Å². The lowest BCUT2D eigenvalue weighted by molar-refractivity contribution is 0.240. The van der Waals surface area contributed by atoms with Crippen molar-refractivity contribution in [3.63, 3.8) is 0 Å². The van der Waals surface area contributed by atoms with Crippen LogP contribution in [0.3, 0.4) is 0 Å². The Labute approximate surface area is 101 Å². The van der Waals surface area contributed by atoms with Gasteiger partial charge in [-0.25, -0.2) is 8.42 Å². The molecule has 0 radical (unpaired) electrons. The molecule has 3 nitrogen and oxygen atoms in total. The average Bonchev–Trinajstić information content (AvgIpc) is 2.06. The molecule has 1 aromatic carbocycles. The summed E-state index contributed by atoms with van der Waals surface area (Å²) in [6, 6.07) is 5.42. The minimum absolute atomic E-state index is 0.000476. The first-order valence-electron chi connectivity index (χ1n) is 4.96. The van der Waals surface area contributed by atoms with E-state index in [1.54, 1.807) is 12.1 Å². The van der Waals surface area contributed by atoms with Gasteiger partial charge in [-0.3, -0.25) is 0 Å². The highest BCUT2D eigenvalue weighted by Gasteiger charge is 2.13. The zero-order chi connectivity index (χ0) is 12.3. The quantitative estimate of drug-likeness (QED) is 0.784. The van der Waals surface area contributed by atoms with Crippen LogP contribution in [0.1, 0.15) is 25.0 Å². The minimum atomic E-state index is -3.56. The smallest absolute Gasteiger partial charge is 0.236 e. The van der Waals surface area contributed by atoms with Crippen LogP contribution in [0.4, 0.5) is 0 Å². The number of aryl methyl sites for hydroxylation is 1. The van der Waals surface area contributed by atoms with Gasteiger partial charge in [0, 0.05) is 16.2 Å². The second-order valence-corrected chi connectivity index (χ2v) is 6.74. The van der Waals surface area contributed by atoms with E-state index in [9.17, 15) is 8.42 Å². The van der Waals surface area contributed by atoms with E-state index >= 15 is 0 Å². The molecule has 0 N–H and O–H groups in total. The summed E-state index contributed by atoms with van der Waals surface area (Å²) in [5, 5.41) is 0. The summed E-state index contributed by atoms with van der Waals surface area (Å²) in [6.07, 6.45) is -0.000476. The number of halogens is 1. The normalized spacial score (nSPS) is 11.8. The van der Waals surface area contributed by atoms with E-state index in [1.165, 1.54) is 0 Å². The fraction of sp³-hybridized carbons (Fsp3) is 0.455. The highest BCUT2D eigenvalue weighted by Crippen LogP contribution is 2.24. The van der Waals surface area contributed by atoms with Crippen LogP contribution in [0.15, 0.2) is 18.2 Å². The Bertz CT molecular complexity index is 466. The Morgan fingerprint density at radius 2 is 2.00 bits per heavy atom. The first-order chi connectivity index (χ1) is 7.28. The topological polar surface area (TPSA) is 43.4 Å². The van der Waals surface area contributed by atoms with Crippen LogP contribution in [0.5, 0.6) is 5.75 Å². The first kappa shape index (κ1) is 13.3. The molecule has 0 saturated carbocycles. The van der Waals surface area contributed by atoms with E-state index in [2.05, 4.69) is 0 Å². The molecule has 0 unspecified atom stereocenters. The molecule has 0 spiro atoms. The number of benzene rings is 1. The van der Waals surface area contributed by atoms with E-state index in [-0.39, 0.29) is 11.9 Å². The highest BCUT2D eigenvalue weighted by atomic mass is 35.7.